The number of nitrogens with zero attached hydrogens (tertiary/aromatic N) is 6. The van der Waals surface area contributed by atoms with Crippen molar-refractivity contribution in [3.8, 4) is 0 Å². The predicted octanol–water partition coefficient (Wildman–Crippen LogP) is 4.71. The van der Waals surface area contributed by atoms with Crippen molar-refractivity contribution in [2.75, 3.05) is 0 Å². The van der Waals surface area contributed by atoms with Gasteiger partial charge in [-0.25, -0.2) is 20.0 Å². The molecular formula is C29H17BN6. The van der Waals surface area contributed by atoms with Gasteiger partial charge in [-0.2, -0.15) is 0 Å². The highest BCUT2D eigenvalue weighted by atomic mass is 15.2. The zero-order valence-electron chi connectivity index (χ0n) is 19.1. The van der Waals surface area contributed by atoms with Crippen LogP contribution in [0.5, 0.6) is 0 Å². The number of benzene rings is 3. The molecule has 7 heteroatoms. The molecule has 0 unspecified atom stereocenters. The largest absolute Gasteiger partial charge is 0.400 e. The minimum Gasteiger partial charge on any atom is -0.333 e. The Morgan fingerprint density at radius 1 is 0.528 bits per heavy atom. The first-order valence-corrected chi connectivity index (χ1v) is 12.2. The number of aromatic nitrogens is 2. The summed E-state index contributed by atoms with van der Waals surface area (Å²) < 4.78 is 4.60. The van der Waals surface area contributed by atoms with E-state index in [-0.39, 0.29) is 12.8 Å². The van der Waals surface area contributed by atoms with Crippen LogP contribution in [-0.2, 0) is 0 Å². The van der Waals surface area contributed by atoms with Gasteiger partial charge in [-0.3, -0.25) is 0 Å². The van der Waals surface area contributed by atoms with E-state index in [9.17, 15) is 0 Å². The van der Waals surface area contributed by atoms with Crippen LogP contribution in [0.2, 0.25) is 5.82 Å². The molecule has 2 aromatic heterocycles. The van der Waals surface area contributed by atoms with Gasteiger partial charge < -0.3 is 8.96 Å². The summed E-state index contributed by atoms with van der Waals surface area (Å²) in [6.45, 7) is -0.0957. The van der Waals surface area contributed by atoms with Crippen molar-refractivity contribution < 1.29 is 0 Å². The van der Waals surface area contributed by atoms with Gasteiger partial charge in [0, 0.05) is 38.5 Å². The normalized spacial score (nSPS) is 16.7. The third-order valence-electron chi connectivity index (χ3n) is 7.64. The molecular weight excluding hydrogens is 443 g/mol. The molecule has 6 nitrogen and oxygen atoms in total. The van der Waals surface area contributed by atoms with Gasteiger partial charge in [-0.1, -0.05) is 97.1 Å². The van der Waals surface area contributed by atoms with Gasteiger partial charge in [0.2, 0.25) is 0 Å². The number of hydrogen-bond acceptors (Lipinski definition) is 4. The first-order chi connectivity index (χ1) is 17.9. The van der Waals surface area contributed by atoms with E-state index in [4.69, 9.17) is 20.0 Å². The Morgan fingerprint density at radius 3 is 1.72 bits per heavy atom. The van der Waals surface area contributed by atoms with E-state index in [1.54, 1.807) is 0 Å². The minimum absolute atomic E-state index is 0.0957. The van der Waals surface area contributed by atoms with Crippen LogP contribution < -0.4 is 11.0 Å². The topological polar surface area (TPSA) is 59.3 Å². The highest BCUT2D eigenvalue weighted by Crippen LogP contribution is 2.42. The molecule has 4 aliphatic rings. The average molecular weight is 460 g/mol. The van der Waals surface area contributed by atoms with Crippen molar-refractivity contribution in [2.45, 2.75) is 5.82 Å². The number of rotatable bonds is 1. The fourth-order valence-corrected chi connectivity index (χ4v) is 6.10. The minimum atomic E-state index is -0.0957. The Labute approximate surface area is 205 Å². The van der Waals surface area contributed by atoms with Gasteiger partial charge >= 0.3 is 6.98 Å². The summed E-state index contributed by atoms with van der Waals surface area (Å²) in [4.78, 5) is 20.8. The lowest BCUT2D eigenvalue weighted by atomic mass is 9.61. The highest BCUT2D eigenvalue weighted by molar-refractivity contribution is 6.61. The second-order valence-electron chi connectivity index (χ2n) is 9.53. The summed E-state index contributed by atoms with van der Waals surface area (Å²) in [6, 6.07) is 25.1. The van der Waals surface area contributed by atoms with Crippen LogP contribution in [0.1, 0.15) is 11.1 Å². The molecule has 1 aliphatic carbocycles. The molecule has 0 spiro atoms. The van der Waals surface area contributed by atoms with Crippen molar-refractivity contribution >= 4 is 51.8 Å². The van der Waals surface area contributed by atoms with Crippen LogP contribution in [-0.4, -0.2) is 27.6 Å². The van der Waals surface area contributed by atoms with Crippen LogP contribution in [0.25, 0.3) is 21.5 Å². The van der Waals surface area contributed by atoms with Crippen molar-refractivity contribution in [2.24, 2.45) is 20.0 Å². The lowest BCUT2D eigenvalue weighted by molar-refractivity contribution is 0.893. The number of allylic oxidation sites excluding steroid dienone is 4. The standard InChI is InChI=1S/C29H17BN6/c1-2-10-17(9-1)30-35-26-20-13-5-7-15-22(20)28(35)34-29-23-16-8-6-14-21(23)27(36(29)30)33-25-19-12-4-3-11-18(19)24(31-25)32-26/h1-17H. The Balaban J connectivity index is 1.58. The lowest BCUT2D eigenvalue weighted by Crippen LogP contribution is -2.50. The van der Waals surface area contributed by atoms with Crippen LogP contribution in [0, 0.1) is 0 Å². The van der Waals surface area contributed by atoms with Gasteiger partial charge in [0.25, 0.3) is 0 Å². The van der Waals surface area contributed by atoms with Gasteiger partial charge in [0.05, 0.1) is 0 Å². The van der Waals surface area contributed by atoms with Crippen molar-refractivity contribution in [1.82, 2.24) is 8.96 Å². The van der Waals surface area contributed by atoms with Gasteiger partial charge in [0.1, 0.15) is 22.6 Å². The summed E-state index contributed by atoms with van der Waals surface area (Å²) >= 11 is 0. The smallest absolute Gasteiger partial charge is 0.333 e. The zero-order chi connectivity index (χ0) is 23.4. The summed E-state index contributed by atoms with van der Waals surface area (Å²) in [5.41, 5.74) is 3.83. The Bertz CT molecular complexity index is 2060. The fourth-order valence-electron chi connectivity index (χ4n) is 6.10. The first kappa shape index (κ1) is 18.5. The Hall–Kier alpha value is -4.78. The Morgan fingerprint density at radius 2 is 1.06 bits per heavy atom. The molecule has 5 heterocycles. The average Bonchev–Trinajstić information content (AvgIpc) is 3.70. The summed E-state index contributed by atoms with van der Waals surface area (Å²) in [6.07, 6.45) is 8.76. The lowest BCUT2D eigenvalue weighted by Gasteiger charge is -2.26. The third-order valence-corrected chi connectivity index (χ3v) is 7.64. The summed E-state index contributed by atoms with van der Waals surface area (Å²) in [5.74, 6) is 3.34. The van der Waals surface area contributed by atoms with Crippen molar-refractivity contribution in [3.05, 3.63) is 119 Å². The molecule has 3 aromatic carbocycles. The molecule has 9 rings (SSSR count). The van der Waals surface area contributed by atoms with Gasteiger partial charge in [-0.05, 0) is 0 Å². The molecule has 36 heavy (non-hydrogen) atoms. The third kappa shape index (κ3) is 2.18. The highest BCUT2D eigenvalue weighted by Gasteiger charge is 2.40. The molecule has 4 bridgehead atoms. The van der Waals surface area contributed by atoms with E-state index in [0.29, 0.717) is 11.7 Å². The van der Waals surface area contributed by atoms with Crippen LogP contribution in [0.4, 0.5) is 11.6 Å². The number of fused-ring (bicyclic) bond motifs is 10. The molecule has 0 saturated carbocycles. The second kappa shape index (κ2) is 6.46. The van der Waals surface area contributed by atoms with Gasteiger partial charge in [0.15, 0.2) is 11.7 Å². The summed E-state index contributed by atoms with van der Waals surface area (Å²) in [5, 5.41) is 4.35. The first-order valence-electron chi connectivity index (χ1n) is 12.2. The van der Waals surface area contributed by atoms with Crippen molar-refractivity contribution in [1.29, 1.82) is 0 Å². The van der Waals surface area contributed by atoms with E-state index >= 15 is 0 Å². The molecule has 0 fully saturated rings. The van der Waals surface area contributed by atoms with Crippen LogP contribution in [0.3, 0.4) is 0 Å². The fraction of sp³-hybridized carbons (Fsp3) is 0.0345. The van der Waals surface area contributed by atoms with E-state index in [1.165, 1.54) is 0 Å². The van der Waals surface area contributed by atoms with E-state index < -0.39 is 0 Å². The maximum Gasteiger partial charge on any atom is 0.400 e. The molecule has 0 radical (unpaired) electrons. The van der Waals surface area contributed by atoms with E-state index in [1.807, 2.05) is 12.1 Å². The van der Waals surface area contributed by atoms with Gasteiger partial charge in [-0.15, -0.1) is 0 Å². The quantitative estimate of drug-likeness (QED) is 0.326. The summed E-state index contributed by atoms with van der Waals surface area (Å²) in [7, 11) is 0. The second-order valence-corrected chi connectivity index (χ2v) is 9.53. The van der Waals surface area contributed by atoms with Crippen LogP contribution >= 0.6 is 0 Å². The molecule has 0 amide bonds. The molecule has 0 atom stereocenters. The van der Waals surface area contributed by atoms with E-state index in [2.05, 4.69) is 93.9 Å². The maximum absolute atomic E-state index is 5.31. The number of aliphatic imine (C=N–C) groups is 2. The molecule has 0 saturated heterocycles. The number of amidine groups is 2. The molecule has 3 aliphatic heterocycles. The van der Waals surface area contributed by atoms with E-state index in [0.717, 1.165) is 55.3 Å². The molecule has 5 aromatic rings. The number of hydrogen-bond donors (Lipinski definition) is 0. The maximum atomic E-state index is 5.31. The zero-order valence-corrected chi connectivity index (χ0v) is 19.1. The monoisotopic (exact) mass is 460 g/mol. The Kier molecular flexibility index (Phi) is 3.33. The van der Waals surface area contributed by atoms with Crippen LogP contribution in [0.15, 0.2) is 117 Å². The molecule has 166 valence electrons. The van der Waals surface area contributed by atoms with Crippen molar-refractivity contribution in [3.63, 3.8) is 0 Å². The molecule has 0 N–H and O–H groups in total. The SMILES string of the molecule is C1=CC(B2n3c4c5ccccc5c3N=c3c5ccccc5c(n32)=NC2=NC(=N4)c3ccccc32)C=C1. The predicted molar refractivity (Wildman–Crippen MR) is 144 cm³/mol.